The molecular formula is C12H13ClN2O5. The molecule has 2 amide bonds. The number of nitrogens with one attached hydrogen (secondary N) is 2. The molecule has 1 atom stereocenters. The third kappa shape index (κ3) is 4.77. The highest BCUT2D eigenvalue weighted by Gasteiger charge is 2.23. The van der Waals surface area contributed by atoms with Crippen LogP contribution in [0.1, 0.15) is 12.0 Å². The van der Waals surface area contributed by atoms with Crippen molar-refractivity contribution in [1.82, 2.24) is 5.32 Å². The van der Waals surface area contributed by atoms with Crippen molar-refractivity contribution in [1.29, 1.82) is 0 Å². The number of carboxylic acids is 2. The Morgan fingerprint density at radius 2 is 1.95 bits per heavy atom. The first kappa shape index (κ1) is 15.8. The number of hydrogen-bond donors (Lipinski definition) is 4. The number of amides is 2. The zero-order valence-electron chi connectivity index (χ0n) is 10.5. The average Bonchev–Trinajstić information content (AvgIpc) is 2.31. The Morgan fingerprint density at radius 3 is 2.45 bits per heavy atom. The first-order valence-corrected chi connectivity index (χ1v) is 5.95. The number of halogens is 1. The molecule has 0 radical (unpaired) electrons. The SMILES string of the molecule is Cc1ccc(NC(=O)NC(CC(=O)O)C(=O)O)c(Cl)c1. The fourth-order valence-electron chi connectivity index (χ4n) is 1.41. The third-order valence-corrected chi connectivity index (χ3v) is 2.67. The summed E-state index contributed by atoms with van der Waals surface area (Å²) in [5.41, 5.74) is 1.20. The smallest absolute Gasteiger partial charge is 0.326 e. The van der Waals surface area contributed by atoms with Crippen LogP contribution in [-0.4, -0.2) is 34.2 Å². The van der Waals surface area contributed by atoms with Crippen molar-refractivity contribution in [3.63, 3.8) is 0 Å². The average molecular weight is 301 g/mol. The molecule has 0 heterocycles. The molecule has 0 aliphatic heterocycles. The van der Waals surface area contributed by atoms with Gasteiger partial charge in [-0.05, 0) is 24.6 Å². The van der Waals surface area contributed by atoms with Crippen molar-refractivity contribution < 1.29 is 24.6 Å². The minimum absolute atomic E-state index is 0.297. The summed E-state index contributed by atoms with van der Waals surface area (Å²) in [6.07, 6.45) is -0.718. The number of carboxylic acid groups (broad SMARTS) is 2. The lowest BCUT2D eigenvalue weighted by Gasteiger charge is -2.14. The minimum Gasteiger partial charge on any atom is -0.481 e. The van der Waals surface area contributed by atoms with Gasteiger partial charge in [0.15, 0.2) is 0 Å². The quantitative estimate of drug-likeness (QED) is 0.660. The zero-order chi connectivity index (χ0) is 15.3. The van der Waals surface area contributed by atoms with Gasteiger partial charge in [0.05, 0.1) is 17.1 Å². The lowest BCUT2D eigenvalue weighted by molar-refractivity contribution is -0.145. The molecule has 20 heavy (non-hydrogen) atoms. The van der Waals surface area contributed by atoms with Crippen LogP contribution >= 0.6 is 11.6 Å². The van der Waals surface area contributed by atoms with Gasteiger partial charge in [-0.1, -0.05) is 17.7 Å². The van der Waals surface area contributed by atoms with Crippen molar-refractivity contribution >= 4 is 35.3 Å². The zero-order valence-corrected chi connectivity index (χ0v) is 11.3. The molecule has 4 N–H and O–H groups in total. The highest BCUT2D eigenvalue weighted by molar-refractivity contribution is 6.33. The fraction of sp³-hybridized carbons (Fsp3) is 0.250. The van der Waals surface area contributed by atoms with E-state index in [2.05, 4.69) is 5.32 Å². The summed E-state index contributed by atoms with van der Waals surface area (Å²) in [6, 6.07) is 2.54. The number of aryl methyl sites for hydroxylation is 1. The molecule has 1 rings (SSSR count). The molecule has 8 heteroatoms. The van der Waals surface area contributed by atoms with E-state index in [9.17, 15) is 14.4 Å². The second-order valence-electron chi connectivity index (χ2n) is 4.07. The molecule has 0 fully saturated rings. The van der Waals surface area contributed by atoms with Gasteiger partial charge in [-0.25, -0.2) is 9.59 Å². The van der Waals surface area contributed by atoms with Crippen molar-refractivity contribution in [3.05, 3.63) is 28.8 Å². The first-order valence-electron chi connectivity index (χ1n) is 5.58. The van der Waals surface area contributed by atoms with Crippen LogP contribution in [0.2, 0.25) is 5.02 Å². The molecule has 0 aliphatic carbocycles. The normalized spacial score (nSPS) is 11.5. The minimum atomic E-state index is -1.52. The van der Waals surface area contributed by atoms with Crippen LogP contribution in [0.4, 0.5) is 10.5 Å². The van der Waals surface area contributed by atoms with E-state index in [1.807, 2.05) is 12.2 Å². The molecule has 1 aromatic rings. The van der Waals surface area contributed by atoms with Gasteiger partial charge in [-0.2, -0.15) is 0 Å². The Labute approximate surface area is 119 Å². The van der Waals surface area contributed by atoms with Gasteiger partial charge >= 0.3 is 18.0 Å². The highest BCUT2D eigenvalue weighted by Crippen LogP contribution is 2.22. The second-order valence-corrected chi connectivity index (χ2v) is 4.48. The van der Waals surface area contributed by atoms with Gasteiger partial charge in [0, 0.05) is 0 Å². The molecule has 0 bridgehead atoms. The van der Waals surface area contributed by atoms with Gasteiger partial charge in [-0.3, -0.25) is 4.79 Å². The molecule has 0 aliphatic rings. The van der Waals surface area contributed by atoms with E-state index in [0.29, 0.717) is 10.7 Å². The third-order valence-electron chi connectivity index (χ3n) is 2.35. The molecule has 0 aromatic heterocycles. The predicted molar refractivity (Wildman–Crippen MR) is 72.0 cm³/mol. The summed E-state index contributed by atoms with van der Waals surface area (Å²) < 4.78 is 0. The van der Waals surface area contributed by atoms with E-state index in [0.717, 1.165) is 5.56 Å². The molecule has 0 spiro atoms. The summed E-state index contributed by atoms with van der Waals surface area (Å²) in [7, 11) is 0. The number of carbonyl (C=O) groups is 3. The second kappa shape index (κ2) is 6.76. The summed E-state index contributed by atoms with van der Waals surface area (Å²) in [4.78, 5) is 32.9. The van der Waals surface area contributed by atoms with Gasteiger partial charge in [-0.15, -0.1) is 0 Å². The fourth-order valence-corrected chi connectivity index (χ4v) is 1.70. The van der Waals surface area contributed by atoms with E-state index in [1.54, 1.807) is 18.2 Å². The topological polar surface area (TPSA) is 116 Å². The Hall–Kier alpha value is -2.28. The maximum absolute atomic E-state index is 11.6. The first-order chi connectivity index (χ1) is 9.29. The Kier molecular flexibility index (Phi) is 5.33. The monoisotopic (exact) mass is 300 g/mol. The number of hydrogen-bond acceptors (Lipinski definition) is 3. The molecule has 108 valence electrons. The van der Waals surface area contributed by atoms with Crippen LogP contribution in [0.25, 0.3) is 0 Å². The number of rotatable bonds is 5. The van der Waals surface area contributed by atoms with E-state index in [-0.39, 0.29) is 0 Å². The van der Waals surface area contributed by atoms with Crippen LogP contribution in [0.15, 0.2) is 18.2 Å². The van der Waals surface area contributed by atoms with Crippen molar-refractivity contribution in [2.75, 3.05) is 5.32 Å². The van der Waals surface area contributed by atoms with E-state index in [4.69, 9.17) is 21.8 Å². The van der Waals surface area contributed by atoms with E-state index < -0.39 is 30.4 Å². The van der Waals surface area contributed by atoms with Crippen LogP contribution in [0.3, 0.4) is 0 Å². The molecule has 7 nitrogen and oxygen atoms in total. The van der Waals surface area contributed by atoms with Crippen molar-refractivity contribution in [3.8, 4) is 0 Å². The lowest BCUT2D eigenvalue weighted by atomic mass is 10.2. The van der Waals surface area contributed by atoms with Crippen molar-refractivity contribution in [2.24, 2.45) is 0 Å². The van der Waals surface area contributed by atoms with Crippen LogP contribution in [-0.2, 0) is 9.59 Å². The standard InChI is InChI=1S/C12H13ClN2O5/c1-6-2-3-8(7(13)4-6)14-12(20)15-9(11(18)19)5-10(16)17/h2-4,9H,5H2,1H3,(H,16,17)(H,18,19)(H2,14,15,20). The van der Waals surface area contributed by atoms with Crippen LogP contribution in [0, 0.1) is 6.92 Å². The number of anilines is 1. The summed E-state index contributed by atoms with van der Waals surface area (Å²) >= 11 is 5.90. The predicted octanol–water partition coefficient (Wildman–Crippen LogP) is 1.70. The number of benzene rings is 1. The molecule has 0 saturated heterocycles. The summed E-state index contributed by atoms with van der Waals surface area (Å²) in [6.45, 7) is 1.82. The Bertz CT molecular complexity index is 547. The van der Waals surface area contributed by atoms with Crippen LogP contribution < -0.4 is 10.6 Å². The molecule has 0 saturated carbocycles. The van der Waals surface area contributed by atoms with E-state index >= 15 is 0 Å². The Morgan fingerprint density at radius 1 is 1.30 bits per heavy atom. The van der Waals surface area contributed by atoms with Gasteiger partial charge in [0.1, 0.15) is 6.04 Å². The summed E-state index contributed by atoms with van der Waals surface area (Å²) in [5, 5.41) is 22.1. The largest absolute Gasteiger partial charge is 0.481 e. The Balaban J connectivity index is 2.70. The number of carbonyl (C=O) groups excluding carboxylic acids is 1. The lowest BCUT2D eigenvalue weighted by Crippen LogP contribution is -2.44. The van der Waals surface area contributed by atoms with Gasteiger partial charge in [0.25, 0.3) is 0 Å². The summed E-state index contributed by atoms with van der Waals surface area (Å²) in [5.74, 6) is -2.76. The van der Waals surface area contributed by atoms with Crippen molar-refractivity contribution in [2.45, 2.75) is 19.4 Å². The van der Waals surface area contributed by atoms with Crippen LogP contribution in [0.5, 0.6) is 0 Å². The van der Waals surface area contributed by atoms with E-state index in [1.165, 1.54) is 0 Å². The molecule has 1 unspecified atom stereocenters. The molecular weight excluding hydrogens is 288 g/mol. The number of urea groups is 1. The number of aliphatic carboxylic acids is 2. The van der Waals surface area contributed by atoms with Gasteiger partial charge < -0.3 is 20.8 Å². The maximum Gasteiger partial charge on any atom is 0.326 e. The molecule has 1 aromatic carbocycles. The van der Waals surface area contributed by atoms with Gasteiger partial charge in [0.2, 0.25) is 0 Å². The maximum atomic E-state index is 11.6. The highest BCUT2D eigenvalue weighted by atomic mass is 35.5.